The van der Waals surface area contributed by atoms with Gasteiger partial charge in [0.05, 0.1) is 6.07 Å². The maximum absolute atomic E-state index is 9.05. The van der Waals surface area contributed by atoms with E-state index in [2.05, 4.69) is 57.3 Å². The van der Waals surface area contributed by atoms with Gasteiger partial charge in [-0.25, -0.2) is 0 Å². The largest absolute Gasteiger partial charge is 0.299 e. The van der Waals surface area contributed by atoms with E-state index in [0.717, 1.165) is 5.75 Å². The van der Waals surface area contributed by atoms with Crippen LogP contribution in [0.15, 0.2) is 23.1 Å². The Balaban J connectivity index is 2.60. The summed E-state index contributed by atoms with van der Waals surface area (Å²) < 4.78 is 0. The summed E-state index contributed by atoms with van der Waals surface area (Å²) in [6, 6.07) is 9.01. The Morgan fingerprint density at radius 1 is 1.35 bits per heavy atom. The van der Waals surface area contributed by atoms with Gasteiger partial charge in [0.2, 0.25) is 0 Å². The summed E-state index contributed by atoms with van der Waals surface area (Å²) in [5, 5.41) is 12.3. The maximum atomic E-state index is 9.05. The van der Waals surface area contributed by atoms with Crippen LogP contribution in [0.5, 0.6) is 0 Å². The summed E-state index contributed by atoms with van der Waals surface area (Å²) in [6.45, 7) is 8.33. The second-order valence-corrected chi connectivity index (χ2v) is 5.64. The van der Waals surface area contributed by atoms with Crippen molar-refractivity contribution in [3.63, 3.8) is 0 Å². The number of rotatable bonds is 5. The summed E-state index contributed by atoms with van der Waals surface area (Å²) in [7, 11) is 0. The Labute approximate surface area is 108 Å². The molecule has 0 bridgehead atoms. The first-order valence-electron chi connectivity index (χ1n) is 5.88. The summed E-state index contributed by atoms with van der Waals surface area (Å²) in [4.78, 5) is 1.27. The van der Waals surface area contributed by atoms with Crippen LogP contribution in [0.3, 0.4) is 0 Å². The van der Waals surface area contributed by atoms with Crippen molar-refractivity contribution >= 4 is 11.8 Å². The number of benzene rings is 1. The number of nitrogens with zero attached hydrogens (tertiary/aromatic N) is 1. The molecule has 1 rings (SSSR count). The van der Waals surface area contributed by atoms with Gasteiger partial charge in [0.1, 0.15) is 6.04 Å². The van der Waals surface area contributed by atoms with Crippen molar-refractivity contribution in [3.05, 3.63) is 29.3 Å². The molecule has 0 spiro atoms. The molecule has 1 atom stereocenters. The molecule has 1 aromatic carbocycles. The lowest BCUT2D eigenvalue weighted by atomic mass is 10.2. The predicted molar refractivity (Wildman–Crippen MR) is 74.3 cm³/mol. The smallest absolute Gasteiger partial charge is 0.105 e. The fourth-order valence-corrected chi connectivity index (χ4v) is 2.64. The summed E-state index contributed by atoms with van der Waals surface area (Å²) in [5.74, 6) is 0.791. The molecule has 0 saturated carbocycles. The van der Waals surface area contributed by atoms with Gasteiger partial charge < -0.3 is 0 Å². The van der Waals surface area contributed by atoms with Crippen molar-refractivity contribution in [1.29, 1.82) is 5.26 Å². The van der Waals surface area contributed by atoms with Crippen molar-refractivity contribution in [2.24, 2.45) is 0 Å². The molecule has 0 aliphatic rings. The van der Waals surface area contributed by atoms with E-state index in [-0.39, 0.29) is 6.04 Å². The highest BCUT2D eigenvalue weighted by Gasteiger charge is 2.10. The van der Waals surface area contributed by atoms with Crippen LogP contribution in [-0.4, -0.2) is 17.8 Å². The third-order valence-corrected chi connectivity index (χ3v) is 3.69. The zero-order valence-electron chi connectivity index (χ0n) is 10.9. The van der Waals surface area contributed by atoms with E-state index in [1.807, 2.05) is 0 Å². The first-order valence-corrected chi connectivity index (χ1v) is 6.87. The zero-order chi connectivity index (χ0) is 12.8. The van der Waals surface area contributed by atoms with Crippen LogP contribution in [-0.2, 0) is 0 Å². The Bertz CT molecular complexity index is 407. The second-order valence-electron chi connectivity index (χ2n) is 4.58. The average Bonchev–Trinajstić information content (AvgIpc) is 2.28. The molecule has 1 unspecified atom stereocenters. The quantitative estimate of drug-likeness (QED) is 0.812. The molecule has 0 fully saturated rings. The summed E-state index contributed by atoms with van der Waals surface area (Å²) in [6.07, 6.45) is 0. The molecular formula is C14H20N2S. The third kappa shape index (κ3) is 4.80. The zero-order valence-corrected chi connectivity index (χ0v) is 11.8. The second kappa shape index (κ2) is 6.68. The SMILES string of the molecule is Cc1ccc(C)c(SCC(C#N)NC(C)C)c1. The molecule has 17 heavy (non-hydrogen) atoms. The average molecular weight is 248 g/mol. The summed E-state index contributed by atoms with van der Waals surface area (Å²) >= 11 is 1.75. The first-order chi connectivity index (χ1) is 8.02. The molecular weight excluding hydrogens is 228 g/mol. The fraction of sp³-hybridized carbons (Fsp3) is 0.500. The maximum Gasteiger partial charge on any atom is 0.105 e. The molecule has 1 aromatic rings. The van der Waals surface area contributed by atoms with Gasteiger partial charge in [-0.1, -0.05) is 17.7 Å². The molecule has 0 aliphatic heterocycles. The fourth-order valence-electron chi connectivity index (χ4n) is 1.56. The van der Waals surface area contributed by atoms with Crippen LogP contribution < -0.4 is 5.32 Å². The Kier molecular flexibility index (Phi) is 5.54. The van der Waals surface area contributed by atoms with Crippen LogP contribution in [0.1, 0.15) is 25.0 Å². The number of nitriles is 1. The Hall–Kier alpha value is -0.980. The molecule has 0 aliphatic carbocycles. The number of nitrogens with one attached hydrogen (secondary N) is 1. The Morgan fingerprint density at radius 3 is 2.65 bits per heavy atom. The van der Waals surface area contributed by atoms with Crippen molar-refractivity contribution in [2.75, 3.05) is 5.75 Å². The van der Waals surface area contributed by atoms with Crippen molar-refractivity contribution in [3.8, 4) is 6.07 Å². The molecule has 2 nitrogen and oxygen atoms in total. The van der Waals surface area contributed by atoms with Crippen molar-refractivity contribution < 1.29 is 0 Å². The molecule has 92 valence electrons. The van der Waals surface area contributed by atoms with Crippen LogP contribution in [0.4, 0.5) is 0 Å². The van der Waals surface area contributed by atoms with Gasteiger partial charge in [-0.05, 0) is 39.3 Å². The van der Waals surface area contributed by atoms with Gasteiger partial charge in [-0.2, -0.15) is 5.26 Å². The minimum Gasteiger partial charge on any atom is -0.299 e. The van der Waals surface area contributed by atoms with Crippen LogP contribution in [0, 0.1) is 25.2 Å². The monoisotopic (exact) mass is 248 g/mol. The summed E-state index contributed by atoms with van der Waals surface area (Å²) in [5.41, 5.74) is 2.55. The molecule has 0 amide bonds. The predicted octanol–water partition coefficient (Wildman–Crippen LogP) is 3.29. The van der Waals surface area contributed by atoms with Gasteiger partial charge in [0.25, 0.3) is 0 Å². The van der Waals surface area contributed by atoms with Crippen LogP contribution in [0.2, 0.25) is 0 Å². The van der Waals surface area contributed by atoms with E-state index in [9.17, 15) is 0 Å². The third-order valence-electron chi connectivity index (χ3n) is 2.44. The van der Waals surface area contributed by atoms with E-state index in [1.165, 1.54) is 16.0 Å². The minimum absolute atomic E-state index is 0.0834. The van der Waals surface area contributed by atoms with Crippen molar-refractivity contribution in [2.45, 2.75) is 44.7 Å². The highest BCUT2D eigenvalue weighted by molar-refractivity contribution is 7.99. The van der Waals surface area contributed by atoms with Crippen molar-refractivity contribution in [1.82, 2.24) is 5.32 Å². The van der Waals surface area contributed by atoms with Gasteiger partial charge in [-0.3, -0.25) is 5.32 Å². The van der Waals surface area contributed by atoms with E-state index in [1.54, 1.807) is 11.8 Å². The molecule has 0 heterocycles. The minimum atomic E-state index is -0.0834. The van der Waals surface area contributed by atoms with Crippen LogP contribution in [0.25, 0.3) is 0 Å². The van der Waals surface area contributed by atoms with E-state index >= 15 is 0 Å². The number of aryl methyl sites for hydroxylation is 2. The first kappa shape index (κ1) is 14.1. The highest BCUT2D eigenvalue weighted by atomic mass is 32.2. The lowest BCUT2D eigenvalue weighted by molar-refractivity contribution is 0.560. The van der Waals surface area contributed by atoms with Crippen LogP contribution >= 0.6 is 11.8 Å². The number of thioether (sulfide) groups is 1. The number of hydrogen-bond donors (Lipinski definition) is 1. The lowest BCUT2D eigenvalue weighted by Crippen LogP contribution is -2.35. The van der Waals surface area contributed by atoms with E-state index in [0.29, 0.717) is 6.04 Å². The molecule has 0 aromatic heterocycles. The highest BCUT2D eigenvalue weighted by Crippen LogP contribution is 2.24. The lowest BCUT2D eigenvalue weighted by Gasteiger charge is -2.15. The van der Waals surface area contributed by atoms with E-state index < -0.39 is 0 Å². The molecule has 0 radical (unpaired) electrons. The van der Waals surface area contributed by atoms with Gasteiger partial charge in [0.15, 0.2) is 0 Å². The topological polar surface area (TPSA) is 35.8 Å². The molecule has 0 saturated heterocycles. The van der Waals surface area contributed by atoms with Gasteiger partial charge in [-0.15, -0.1) is 11.8 Å². The van der Waals surface area contributed by atoms with E-state index in [4.69, 9.17) is 5.26 Å². The Morgan fingerprint density at radius 2 is 2.06 bits per heavy atom. The van der Waals surface area contributed by atoms with Gasteiger partial charge >= 0.3 is 0 Å². The molecule has 3 heteroatoms. The number of hydrogen-bond acceptors (Lipinski definition) is 3. The standard InChI is InChI=1S/C14H20N2S/c1-10(2)16-13(8-15)9-17-14-7-11(3)5-6-12(14)4/h5-7,10,13,16H,9H2,1-4H3. The van der Waals surface area contributed by atoms with Gasteiger partial charge in [0, 0.05) is 16.7 Å². The molecule has 1 N–H and O–H groups in total. The normalized spacial score (nSPS) is 12.5.